The molecule has 0 amide bonds. The molecule has 1 atom stereocenters. The minimum Gasteiger partial charge on any atom is -0.395 e. The average Bonchev–Trinajstić information content (AvgIpc) is 2.94. The minimum atomic E-state index is -1.11. The summed E-state index contributed by atoms with van der Waals surface area (Å²) in [6.07, 6.45) is 3.31. The van der Waals surface area contributed by atoms with Crippen LogP contribution in [0.1, 0.15) is 31.0 Å². The molecule has 3 N–H and O–H groups in total. The lowest BCUT2D eigenvalue weighted by atomic mass is 9.79. The van der Waals surface area contributed by atoms with Crippen molar-refractivity contribution in [2.75, 3.05) is 62.8 Å². The van der Waals surface area contributed by atoms with Crippen LogP contribution in [0, 0.1) is 23.1 Å². The number of aliphatic hydroxyl groups excluding tert-OH is 1. The van der Waals surface area contributed by atoms with E-state index in [2.05, 4.69) is 21.3 Å². The standard InChI is InChI=1S/C28H33FN6O3/c1-28(37,21-4-6-34(7-5-21)8-11-36)26-3-2-19-18-31-27(16-23(19)32-26)33-24-15-25(20(17-30)14-22(24)29)35-9-12-38-13-10-35/h2-3,14-16,18,21,36-37H,4-13H2,1H3,(H,31,33). The molecule has 2 fully saturated rings. The van der Waals surface area contributed by atoms with Gasteiger partial charge in [-0.05, 0) is 63.0 Å². The van der Waals surface area contributed by atoms with E-state index >= 15 is 0 Å². The molecule has 2 aromatic heterocycles. The third kappa shape index (κ3) is 5.42. The molecule has 4 heterocycles. The summed E-state index contributed by atoms with van der Waals surface area (Å²) in [5.41, 5.74) is 1.26. The zero-order chi connectivity index (χ0) is 26.7. The van der Waals surface area contributed by atoms with Crippen LogP contribution in [0.5, 0.6) is 0 Å². The number of ether oxygens (including phenoxy) is 1. The summed E-state index contributed by atoms with van der Waals surface area (Å²) in [5, 5.41) is 34.1. The van der Waals surface area contributed by atoms with Gasteiger partial charge in [-0.1, -0.05) is 0 Å². The van der Waals surface area contributed by atoms with Crippen LogP contribution in [0.25, 0.3) is 10.9 Å². The molecule has 9 nitrogen and oxygen atoms in total. The summed E-state index contributed by atoms with van der Waals surface area (Å²) >= 11 is 0. The summed E-state index contributed by atoms with van der Waals surface area (Å²) in [6, 6.07) is 10.4. The van der Waals surface area contributed by atoms with Gasteiger partial charge in [-0.3, -0.25) is 0 Å². The van der Waals surface area contributed by atoms with Gasteiger partial charge < -0.3 is 30.1 Å². The molecule has 2 aliphatic heterocycles. The van der Waals surface area contributed by atoms with Gasteiger partial charge >= 0.3 is 0 Å². The number of morpholine rings is 1. The van der Waals surface area contributed by atoms with Crippen LogP contribution >= 0.6 is 0 Å². The van der Waals surface area contributed by atoms with Crippen LogP contribution in [-0.2, 0) is 10.3 Å². The summed E-state index contributed by atoms with van der Waals surface area (Å²) in [5.74, 6) is -0.0820. The number of nitrogens with one attached hydrogen (secondary N) is 1. The van der Waals surface area contributed by atoms with Crippen LogP contribution in [0.2, 0.25) is 0 Å². The highest BCUT2D eigenvalue weighted by atomic mass is 19.1. The van der Waals surface area contributed by atoms with Crippen LogP contribution in [0.15, 0.2) is 36.5 Å². The van der Waals surface area contributed by atoms with Crippen molar-refractivity contribution in [3.8, 4) is 6.07 Å². The molecule has 2 saturated heterocycles. The number of likely N-dealkylation sites (tertiary alicyclic amines) is 1. The number of hydrogen-bond acceptors (Lipinski definition) is 9. The number of piperidine rings is 1. The van der Waals surface area contributed by atoms with E-state index in [1.165, 1.54) is 6.07 Å². The monoisotopic (exact) mass is 520 g/mol. The highest BCUT2D eigenvalue weighted by Crippen LogP contribution is 2.36. The number of pyridine rings is 2. The Bertz CT molecular complexity index is 1330. The fourth-order valence-electron chi connectivity index (χ4n) is 5.39. The smallest absolute Gasteiger partial charge is 0.148 e. The zero-order valence-electron chi connectivity index (χ0n) is 21.5. The molecule has 10 heteroatoms. The molecule has 1 unspecified atom stereocenters. The van der Waals surface area contributed by atoms with Gasteiger partial charge in [-0.15, -0.1) is 0 Å². The van der Waals surface area contributed by atoms with Crippen LogP contribution < -0.4 is 10.2 Å². The van der Waals surface area contributed by atoms with Gasteiger partial charge in [0.15, 0.2) is 0 Å². The van der Waals surface area contributed by atoms with Crippen molar-refractivity contribution < 1.29 is 19.3 Å². The highest BCUT2D eigenvalue weighted by molar-refractivity contribution is 5.81. The normalized spacial score (nSPS) is 18.8. The number of nitriles is 1. The quantitative estimate of drug-likeness (QED) is 0.432. The number of rotatable bonds is 7. The Hall–Kier alpha value is -3.36. The van der Waals surface area contributed by atoms with Crippen molar-refractivity contribution in [2.24, 2.45) is 5.92 Å². The lowest BCUT2D eigenvalue weighted by molar-refractivity contribution is -0.0372. The first-order valence-corrected chi connectivity index (χ1v) is 13.1. The number of aromatic nitrogens is 2. The maximum Gasteiger partial charge on any atom is 0.148 e. The summed E-state index contributed by atoms with van der Waals surface area (Å²) in [6.45, 7) is 6.62. The summed E-state index contributed by atoms with van der Waals surface area (Å²) in [4.78, 5) is 13.4. The number of halogens is 1. The van der Waals surface area contributed by atoms with Crippen molar-refractivity contribution in [1.29, 1.82) is 5.26 Å². The van der Waals surface area contributed by atoms with E-state index in [4.69, 9.17) is 9.72 Å². The molecule has 0 aliphatic carbocycles. The first kappa shape index (κ1) is 26.3. The Kier molecular flexibility index (Phi) is 7.72. The van der Waals surface area contributed by atoms with E-state index in [1.54, 1.807) is 18.3 Å². The van der Waals surface area contributed by atoms with Crippen molar-refractivity contribution >= 4 is 28.1 Å². The van der Waals surface area contributed by atoms with Gasteiger partial charge in [0.1, 0.15) is 23.3 Å². The highest BCUT2D eigenvalue weighted by Gasteiger charge is 2.37. The predicted molar refractivity (Wildman–Crippen MR) is 143 cm³/mol. The van der Waals surface area contributed by atoms with Crippen molar-refractivity contribution in [2.45, 2.75) is 25.4 Å². The third-order valence-electron chi connectivity index (χ3n) is 7.71. The lowest BCUT2D eigenvalue weighted by Crippen LogP contribution is -2.43. The minimum absolute atomic E-state index is 0.0492. The Morgan fingerprint density at radius 2 is 1.95 bits per heavy atom. The molecule has 3 aromatic rings. The molecule has 5 rings (SSSR count). The van der Waals surface area contributed by atoms with Gasteiger partial charge in [0.25, 0.3) is 0 Å². The largest absolute Gasteiger partial charge is 0.395 e. The molecule has 2 aliphatic rings. The predicted octanol–water partition coefficient (Wildman–Crippen LogP) is 3.13. The van der Waals surface area contributed by atoms with Crippen LogP contribution in [0.3, 0.4) is 0 Å². The molecular formula is C28H33FN6O3. The maximum absolute atomic E-state index is 14.9. The van der Waals surface area contributed by atoms with Gasteiger partial charge in [-0.2, -0.15) is 5.26 Å². The second-order valence-corrected chi connectivity index (χ2v) is 10.1. The molecule has 0 radical (unpaired) electrons. The topological polar surface area (TPSA) is 118 Å². The Morgan fingerprint density at radius 3 is 2.66 bits per heavy atom. The number of nitrogens with zero attached hydrogens (tertiary/aromatic N) is 5. The lowest BCUT2D eigenvalue weighted by Gasteiger charge is -2.39. The second kappa shape index (κ2) is 11.2. The molecule has 0 bridgehead atoms. The van der Waals surface area contributed by atoms with E-state index in [9.17, 15) is 19.9 Å². The van der Waals surface area contributed by atoms with Gasteiger partial charge in [0.05, 0.1) is 48.0 Å². The van der Waals surface area contributed by atoms with E-state index in [-0.39, 0.29) is 23.8 Å². The molecule has 0 saturated carbocycles. The van der Waals surface area contributed by atoms with Gasteiger partial charge in [0.2, 0.25) is 0 Å². The summed E-state index contributed by atoms with van der Waals surface area (Å²) < 4.78 is 20.3. The Labute approximate surface area is 221 Å². The molecule has 200 valence electrons. The number of anilines is 3. The van der Waals surface area contributed by atoms with Gasteiger partial charge in [0, 0.05) is 37.3 Å². The van der Waals surface area contributed by atoms with E-state index in [1.807, 2.05) is 24.0 Å². The van der Waals surface area contributed by atoms with Crippen molar-refractivity contribution in [1.82, 2.24) is 14.9 Å². The van der Waals surface area contributed by atoms with E-state index in [0.717, 1.165) is 31.3 Å². The van der Waals surface area contributed by atoms with Crippen molar-refractivity contribution in [3.05, 3.63) is 53.6 Å². The van der Waals surface area contributed by atoms with E-state index < -0.39 is 11.4 Å². The fourth-order valence-corrected chi connectivity index (χ4v) is 5.39. The first-order valence-electron chi connectivity index (χ1n) is 13.1. The number of aliphatic hydroxyl groups is 2. The molecule has 38 heavy (non-hydrogen) atoms. The van der Waals surface area contributed by atoms with Crippen LogP contribution in [-0.4, -0.2) is 77.6 Å². The molecule has 1 aromatic carbocycles. The van der Waals surface area contributed by atoms with Crippen molar-refractivity contribution in [3.63, 3.8) is 0 Å². The first-order chi connectivity index (χ1) is 18.4. The Morgan fingerprint density at radius 1 is 1.18 bits per heavy atom. The maximum atomic E-state index is 14.9. The summed E-state index contributed by atoms with van der Waals surface area (Å²) in [7, 11) is 0. The van der Waals surface area contributed by atoms with Crippen LogP contribution in [0.4, 0.5) is 21.6 Å². The fraction of sp³-hybridized carbons (Fsp3) is 0.464. The van der Waals surface area contributed by atoms with E-state index in [0.29, 0.717) is 55.6 Å². The number of benzene rings is 1. The third-order valence-corrected chi connectivity index (χ3v) is 7.71. The zero-order valence-corrected chi connectivity index (χ0v) is 21.5. The molecular weight excluding hydrogens is 487 g/mol. The SMILES string of the molecule is CC(O)(c1ccc2cnc(Nc3cc(N4CCOCC4)c(C#N)cc3F)cc2n1)C1CCN(CCO)CC1. The van der Waals surface area contributed by atoms with Gasteiger partial charge in [-0.25, -0.2) is 14.4 Å². The number of hydrogen-bond donors (Lipinski definition) is 3. The second-order valence-electron chi connectivity index (χ2n) is 10.1. The number of fused-ring (bicyclic) bond motifs is 1. The number of β-amino-alcohol motifs (C(OH)–C–C–N with tert-alkyl or cyclic N) is 1. The average molecular weight is 521 g/mol. The molecule has 0 spiro atoms. The Balaban J connectivity index is 1.39.